The first-order valence-corrected chi connectivity index (χ1v) is 5.13. The molecule has 0 bridgehead atoms. The molecule has 2 fully saturated rings. The molecule has 2 atom stereocenters. The third-order valence-electron chi connectivity index (χ3n) is 2.81. The minimum atomic E-state index is -0.406. The molecule has 4 heteroatoms. The number of piperidine rings is 1. The number of nitrogens with one attached hydrogen (secondary N) is 2. The van der Waals surface area contributed by atoms with Crippen molar-refractivity contribution < 1.29 is 9.53 Å². The summed E-state index contributed by atoms with van der Waals surface area (Å²) >= 11 is 0. The lowest BCUT2D eigenvalue weighted by Crippen LogP contribution is -2.43. The Labute approximate surface area is 84.4 Å². The maximum absolute atomic E-state index is 11.5. The Kier molecular flexibility index (Phi) is 2.00. The predicted molar refractivity (Wildman–Crippen MR) is 53.1 cm³/mol. The van der Waals surface area contributed by atoms with E-state index in [-0.39, 0.29) is 11.6 Å². The van der Waals surface area contributed by atoms with E-state index in [1.54, 1.807) is 0 Å². The van der Waals surface area contributed by atoms with Crippen LogP contribution in [0.5, 0.6) is 0 Å². The van der Waals surface area contributed by atoms with Gasteiger partial charge in [-0.3, -0.25) is 0 Å². The van der Waals surface area contributed by atoms with Gasteiger partial charge in [0, 0.05) is 13.1 Å². The number of hydrogen-bond donors (Lipinski definition) is 2. The van der Waals surface area contributed by atoms with Gasteiger partial charge in [0.2, 0.25) is 0 Å². The highest BCUT2D eigenvalue weighted by Gasteiger charge is 2.58. The van der Waals surface area contributed by atoms with E-state index in [2.05, 4.69) is 10.6 Å². The quantitative estimate of drug-likeness (QED) is 0.657. The molecule has 0 spiro atoms. The summed E-state index contributed by atoms with van der Waals surface area (Å²) in [6.45, 7) is 7.54. The van der Waals surface area contributed by atoms with Crippen LogP contribution in [0.25, 0.3) is 0 Å². The minimum Gasteiger partial charge on any atom is -0.444 e. The van der Waals surface area contributed by atoms with Crippen LogP contribution < -0.4 is 10.6 Å². The number of carbonyl (C=O) groups excluding carboxylic acids is 1. The summed E-state index contributed by atoms with van der Waals surface area (Å²) in [5, 5.41) is 6.22. The van der Waals surface area contributed by atoms with E-state index in [1.165, 1.54) is 0 Å². The number of carbonyl (C=O) groups is 1. The average molecular weight is 198 g/mol. The van der Waals surface area contributed by atoms with Crippen LogP contribution in [0.4, 0.5) is 4.79 Å². The highest BCUT2D eigenvalue weighted by atomic mass is 16.6. The fraction of sp³-hybridized carbons (Fsp3) is 0.900. The zero-order valence-electron chi connectivity index (χ0n) is 9.02. The van der Waals surface area contributed by atoms with E-state index in [4.69, 9.17) is 4.74 Å². The SMILES string of the molecule is CC(C)(C)OC(=O)N[C@@]12CNC[C@H]1C2. The molecule has 1 saturated carbocycles. The minimum absolute atomic E-state index is 0.0162. The molecule has 2 aliphatic rings. The molecule has 1 aliphatic carbocycles. The first-order valence-electron chi connectivity index (χ1n) is 5.13. The maximum atomic E-state index is 11.5. The van der Waals surface area contributed by atoms with Gasteiger partial charge in [-0.15, -0.1) is 0 Å². The molecule has 1 aliphatic heterocycles. The Morgan fingerprint density at radius 3 is 2.71 bits per heavy atom. The first-order chi connectivity index (χ1) is 6.41. The van der Waals surface area contributed by atoms with Gasteiger partial charge in [0.15, 0.2) is 0 Å². The lowest BCUT2D eigenvalue weighted by atomic mass is 10.2. The molecule has 14 heavy (non-hydrogen) atoms. The van der Waals surface area contributed by atoms with Crippen molar-refractivity contribution in [3.8, 4) is 0 Å². The largest absolute Gasteiger partial charge is 0.444 e. The third-order valence-corrected chi connectivity index (χ3v) is 2.81. The molecule has 1 heterocycles. The molecule has 80 valence electrons. The molecular formula is C10H18N2O2. The summed E-state index contributed by atoms with van der Waals surface area (Å²) in [6, 6.07) is 0. The Hall–Kier alpha value is -0.770. The highest BCUT2D eigenvalue weighted by Crippen LogP contribution is 2.46. The molecule has 0 radical (unpaired) electrons. The van der Waals surface area contributed by atoms with Crippen LogP contribution in [0.2, 0.25) is 0 Å². The molecule has 2 N–H and O–H groups in total. The van der Waals surface area contributed by atoms with Gasteiger partial charge < -0.3 is 15.4 Å². The van der Waals surface area contributed by atoms with Crippen molar-refractivity contribution in [3.05, 3.63) is 0 Å². The van der Waals surface area contributed by atoms with Crippen LogP contribution in [0.1, 0.15) is 27.2 Å². The molecule has 1 saturated heterocycles. The van der Waals surface area contributed by atoms with E-state index in [1.807, 2.05) is 20.8 Å². The van der Waals surface area contributed by atoms with Crippen molar-refractivity contribution >= 4 is 6.09 Å². The topological polar surface area (TPSA) is 50.4 Å². The lowest BCUT2D eigenvalue weighted by Gasteiger charge is -2.22. The number of alkyl carbamates (subject to hydrolysis) is 1. The van der Waals surface area contributed by atoms with E-state index >= 15 is 0 Å². The zero-order valence-corrected chi connectivity index (χ0v) is 9.02. The summed E-state index contributed by atoms with van der Waals surface area (Å²) in [7, 11) is 0. The summed E-state index contributed by atoms with van der Waals surface area (Å²) in [5.74, 6) is 0.620. The Bertz CT molecular complexity index is 259. The van der Waals surface area contributed by atoms with Gasteiger partial charge in [-0.25, -0.2) is 4.79 Å². The second-order valence-corrected chi connectivity index (χ2v) is 5.31. The number of rotatable bonds is 1. The number of hydrogen-bond acceptors (Lipinski definition) is 3. The fourth-order valence-electron chi connectivity index (χ4n) is 2.04. The van der Waals surface area contributed by atoms with E-state index in [9.17, 15) is 4.79 Å². The van der Waals surface area contributed by atoms with Gasteiger partial charge >= 0.3 is 6.09 Å². The van der Waals surface area contributed by atoms with Crippen LogP contribution in [0, 0.1) is 5.92 Å². The van der Waals surface area contributed by atoms with Crippen molar-refractivity contribution in [2.45, 2.75) is 38.3 Å². The molecule has 0 aromatic carbocycles. The van der Waals surface area contributed by atoms with Crippen molar-refractivity contribution in [2.24, 2.45) is 5.92 Å². The van der Waals surface area contributed by atoms with Gasteiger partial charge in [0.05, 0.1) is 5.54 Å². The Balaban J connectivity index is 1.84. The summed E-state index contributed by atoms with van der Waals surface area (Å²) in [4.78, 5) is 11.5. The van der Waals surface area contributed by atoms with Crippen molar-refractivity contribution in [2.75, 3.05) is 13.1 Å². The van der Waals surface area contributed by atoms with Crippen molar-refractivity contribution in [3.63, 3.8) is 0 Å². The summed E-state index contributed by atoms with van der Waals surface area (Å²) in [5.41, 5.74) is -0.389. The van der Waals surface area contributed by atoms with Gasteiger partial charge in [0.25, 0.3) is 0 Å². The lowest BCUT2D eigenvalue weighted by molar-refractivity contribution is 0.0497. The molecular weight excluding hydrogens is 180 g/mol. The molecule has 0 unspecified atom stereocenters. The third kappa shape index (κ3) is 1.85. The molecule has 2 rings (SSSR count). The van der Waals surface area contributed by atoms with Gasteiger partial charge in [-0.05, 0) is 33.1 Å². The predicted octanol–water partition coefficient (Wildman–Crippen LogP) is 0.873. The smallest absolute Gasteiger partial charge is 0.408 e. The van der Waals surface area contributed by atoms with E-state index in [0.29, 0.717) is 5.92 Å². The van der Waals surface area contributed by atoms with Gasteiger partial charge in [-0.1, -0.05) is 0 Å². The van der Waals surface area contributed by atoms with E-state index in [0.717, 1.165) is 19.5 Å². The Morgan fingerprint density at radius 1 is 1.57 bits per heavy atom. The number of fused-ring (bicyclic) bond motifs is 1. The standard InChI is InChI=1S/C10H18N2O2/c1-9(2,3)14-8(13)12-10-4-7(10)5-11-6-10/h7,11H,4-6H2,1-3H3,(H,12,13)/t7-,10+/m1/s1. The molecule has 1 amide bonds. The average Bonchev–Trinajstić information content (AvgIpc) is 2.48. The second-order valence-electron chi connectivity index (χ2n) is 5.31. The van der Waals surface area contributed by atoms with Crippen molar-refractivity contribution in [1.82, 2.24) is 10.6 Å². The van der Waals surface area contributed by atoms with Gasteiger partial charge in [0.1, 0.15) is 5.60 Å². The Morgan fingerprint density at radius 2 is 2.29 bits per heavy atom. The fourth-order valence-corrected chi connectivity index (χ4v) is 2.04. The molecule has 0 aromatic heterocycles. The van der Waals surface area contributed by atoms with Crippen LogP contribution in [0.3, 0.4) is 0 Å². The maximum Gasteiger partial charge on any atom is 0.408 e. The van der Waals surface area contributed by atoms with Crippen LogP contribution >= 0.6 is 0 Å². The number of amides is 1. The monoisotopic (exact) mass is 198 g/mol. The summed E-state index contributed by atoms with van der Waals surface area (Å²) in [6.07, 6.45) is 0.808. The number of ether oxygens (including phenoxy) is 1. The molecule has 4 nitrogen and oxygen atoms in total. The zero-order chi connectivity index (χ0) is 10.4. The van der Waals surface area contributed by atoms with Crippen molar-refractivity contribution in [1.29, 1.82) is 0 Å². The van der Waals surface area contributed by atoms with Crippen LogP contribution in [-0.2, 0) is 4.74 Å². The first kappa shape index (κ1) is 9.77. The van der Waals surface area contributed by atoms with Crippen LogP contribution in [-0.4, -0.2) is 30.3 Å². The normalized spacial score (nSPS) is 34.9. The second kappa shape index (κ2) is 2.86. The highest BCUT2D eigenvalue weighted by molar-refractivity contribution is 5.70. The summed E-state index contributed by atoms with van der Waals surface area (Å²) < 4.78 is 5.21. The van der Waals surface area contributed by atoms with Crippen LogP contribution in [0.15, 0.2) is 0 Å². The van der Waals surface area contributed by atoms with E-state index < -0.39 is 5.60 Å². The molecule has 0 aromatic rings. The van der Waals surface area contributed by atoms with Gasteiger partial charge in [-0.2, -0.15) is 0 Å².